The third-order valence-electron chi connectivity index (χ3n) is 2.22. The maximum Gasteiger partial charge on any atom is 0.241 e. The highest BCUT2D eigenvalue weighted by atomic mass is 19.1. The lowest BCUT2D eigenvalue weighted by Gasteiger charge is -2.23. The summed E-state index contributed by atoms with van der Waals surface area (Å²) in [6.07, 6.45) is 0. The van der Waals surface area contributed by atoms with Crippen molar-refractivity contribution in [3.8, 4) is 0 Å². The number of rotatable bonds is 1. The van der Waals surface area contributed by atoms with Gasteiger partial charge in [0.05, 0.1) is 0 Å². The van der Waals surface area contributed by atoms with Crippen LogP contribution in [0.3, 0.4) is 0 Å². The van der Waals surface area contributed by atoms with Crippen LogP contribution >= 0.6 is 0 Å². The summed E-state index contributed by atoms with van der Waals surface area (Å²) in [5.74, 6) is -0.412. The summed E-state index contributed by atoms with van der Waals surface area (Å²) in [6, 6.07) is 5.67. The van der Waals surface area contributed by atoms with E-state index in [1.54, 1.807) is 12.1 Å². The van der Waals surface area contributed by atoms with Crippen LogP contribution in [-0.4, -0.2) is 19.0 Å². The molecular weight excluding hydrogens is 183 g/mol. The Bertz CT molecular complexity index is 354. The molecule has 74 valence electrons. The summed E-state index contributed by atoms with van der Waals surface area (Å²) in [5.41, 5.74) is 0.669. The molecule has 0 saturated carbocycles. The Kier molecular flexibility index (Phi) is 2.45. The summed E-state index contributed by atoms with van der Waals surface area (Å²) in [6.45, 7) is 1.34. The van der Waals surface area contributed by atoms with E-state index >= 15 is 0 Å². The molecule has 1 aliphatic rings. The monoisotopic (exact) mass is 194 g/mol. The van der Waals surface area contributed by atoms with Crippen LogP contribution in [0.15, 0.2) is 24.3 Å². The second-order valence-corrected chi connectivity index (χ2v) is 3.23. The molecule has 1 amide bonds. The Labute approximate surface area is 81.3 Å². The smallest absolute Gasteiger partial charge is 0.241 e. The summed E-state index contributed by atoms with van der Waals surface area (Å²) >= 11 is 0. The van der Waals surface area contributed by atoms with Crippen molar-refractivity contribution in [1.29, 1.82) is 0 Å². The molecule has 1 atom stereocenters. The predicted octanol–water partition coefficient (Wildman–Crippen LogP) is 0.586. The zero-order chi connectivity index (χ0) is 9.97. The maximum absolute atomic E-state index is 12.9. The first-order valence-electron chi connectivity index (χ1n) is 4.54. The standard InChI is InChI=1S/C10H11FN2O/c11-8-3-1-2-7(6-8)9-10(14)13-5-4-12-9/h1-3,6,9,12H,4-5H2,(H,13,14). The highest BCUT2D eigenvalue weighted by Crippen LogP contribution is 2.15. The van der Waals surface area contributed by atoms with E-state index in [0.29, 0.717) is 18.7 Å². The molecule has 2 N–H and O–H groups in total. The molecule has 1 unspecified atom stereocenters. The molecule has 1 saturated heterocycles. The number of benzene rings is 1. The summed E-state index contributed by atoms with van der Waals surface area (Å²) in [5, 5.41) is 5.76. The number of carbonyl (C=O) groups is 1. The lowest BCUT2D eigenvalue weighted by Crippen LogP contribution is -2.47. The normalized spacial score (nSPS) is 21.8. The number of piperazine rings is 1. The van der Waals surface area contributed by atoms with Gasteiger partial charge in [0.2, 0.25) is 5.91 Å². The van der Waals surface area contributed by atoms with Crippen LogP contribution in [0.4, 0.5) is 4.39 Å². The lowest BCUT2D eigenvalue weighted by atomic mass is 10.0. The van der Waals surface area contributed by atoms with E-state index in [-0.39, 0.29) is 11.7 Å². The molecule has 1 aromatic rings. The topological polar surface area (TPSA) is 41.1 Å². The highest BCUT2D eigenvalue weighted by molar-refractivity contribution is 5.83. The third-order valence-corrected chi connectivity index (χ3v) is 2.22. The van der Waals surface area contributed by atoms with Crippen molar-refractivity contribution >= 4 is 5.91 Å². The number of hydrogen-bond acceptors (Lipinski definition) is 2. The van der Waals surface area contributed by atoms with Crippen molar-refractivity contribution in [3.05, 3.63) is 35.6 Å². The van der Waals surface area contributed by atoms with Gasteiger partial charge in [0, 0.05) is 13.1 Å². The second-order valence-electron chi connectivity index (χ2n) is 3.23. The van der Waals surface area contributed by atoms with E-state index in [1.165, 1.54) is 12.1 Å². The molecular formula is C10H11FN2O. The van der Waals surface area contributed by atoms with Crippen LogP contribution in [0.1, 0.15) is 11.6 Å². The van der Waals surface area contributed by atoms with Gasteiger partial charge in [-0.05, 0) is 17.7 Å². The minimum absolute atomic E-state index is 0.0955. The Balaban J connectivity index is 2.24. The molecule has 0 spiro atoms. The molecule has 0 aliphatic carbocycles. The first-order valence-corrected chi connectivity index (χ1v) is 4.54. The Hall–Kier alpha value is -1.42. The number of nitrogens with one attached hydrogen (secondary N) is 2. The van der Waals surface area contributed by atoms with Crippen molar-refractivity contribution in [3.63, 3.8) is 0 Å². The molecule has 1 aromatic carbocycles. The molecule has 4 heteroatoms. The van der Waals surface area contributed by atoms with Crippen molar-refractivity contribution in [2.45, 2.75) is 6.04 Å². The van der Waals surface area contributed by atoms with E-state index in [2.05, 4.69) is 10.6 Å². The predicted molar refractivity (Wildman–Crippen MR) is 50.2 cm³/mol. The molecule has 0 radical (unpaired) electrons. The van der Waals surface area contributed by atoms with Gasteiger partial charge in [-0.3, -0.25) is 4.79 Å². The Morgan fingerprint density at radius 3 is 2.93 bits per heavy atom. The zero-order valence-corrected chi connectivity index (χ0v) is 7.59. The summed E-state index contributed by atoms with van der Waals surface area (Å²) in [7, 11) is 0. The number of halogens is 1. The van der Waals surface area contributed by atoms with Gasteiger partial charge in [0.25, 0.3) is 0 Å². The van der Waals surface area contributed by atoms with E-state index in [1.807, 2.05) is 0 Å². The first-order chi connectivity index (χ1) is 6.77. The summed E-state index contributed by atoms with van der Waals surface area (Å²) < 4.78 is 12.9. The molecule has 1 aliphatic heterocycles. The molecule has 1 fully saturated rings. The average Bonchev–Trinajstić information content (AvgIpc) is 2.18. The van der Waals surface area contributed by atoms with Gasteiger partial charge >= 0.3 is 0 Å². The Morgan fingerprint density at radius 1 is 1.36 bits per heavy atom. The summed E-state index contributed by atoms with van der Waals surface area (Å²) in [4.78, 5) is 11.4. The second kappa shape index (κ2) is 3.75. The zero-order valence-electron chi connectivity index (χ0n) is 7.59. The Morgan fingerprint density at radius 2 is 2.21 bits per heavy atom. The van der Waals surface area contributed by atoms with Crippen LogP contribution in [0.2, 0.25) is 0 Å². The largest absolute Gasteiger partial charge is 0.353 e. The van der Waals surface area contributed by atoms with Gasteiger partial charge in [-0.2, -0.15) is 0 Å². The highest BCUT2D eigenvalue weighted by Gasteiger charge is 2.22. The molecule has 0 bridgehead atoms. The van der Waals surface area contributed by atoms with E-state index < -0.39 is 6.04 Å². The maximum atomic E-state index is 12.9. The van der Waals surface area contributed by atoms with Crippen molar-refractivity contribution in [1.82, 2.24) is 10.6 Å². The molecule has 2 rings (SSSR count). The van der Waals surface area contributed by atoms with Gasteiger partial charge in [-0.25, -0.2) is 4.39 Å². The molecule has 3 nitrogen and oxygen atoms in total. The lowest BCUT2D eigenvalue weighted by molar-refractivity contribution is -0.124. The van der Waals surface area contributed by atoms with Crippen molar-refractivity contribution in [2.24, 2.45) is 0 Å². The van der Waals surface area contributed by atoms with Crippen LogP contribution in [-0.2, 0) is 4.79 Å². The van der Waals surface area contributed by atoms with E-state index in [0.717, 1.165) is 0 Å². The van der Waals surface area contributed by atoms with Crippen molar-refractivity contribution in [2.75, 3.05) is 13.1 Å². The number of amides is 1. The van der Waals surface area contributed by atoms with Gasteiger partial charge in [-0.15, -0.1) is 0 Å². The van der Waals surface area contributed by atoms with Gasteiger partial charge in [-0.1, -0.05) is 12.1 Å². The van der Waals surface area contributed by atoms with Gasteiger partial charge < -0.3 is 10.6 Å². The average molecular weight is 194 g/mol. The fourth-order valence-electron chi connectivity index (χ4n) is 1.55. The van der Waals surface area contributed by atoms with Crippen LogP contribution in [0.5, 0.6) is 0 Å². The quantitative estimate of drug-likeness (QED) is 0.686. The number of hydrogen-bond donors (Lipinski definition) is 2. The van der Waals surface area contributed by atoms with Crippen LogP contribution in [0, 0.1) is 5.82 Å². The van der Waals surface area contributed by atoms with Crippen molar-refractivity contribution < 1.29 is 9.18 Å². The van der Waals surface area contributed by atoms with E-state index in [9.17, 15) is 9.18 Å². The molecule has 1 heterocycles. The molecule has 14 heavy (non-hydrogen) atoms. The van der Waals surface area contributed by atoms with Crippen LogP contribution in [0.25, 0.3) is 0 Å². The minimum Gasteiger partial charge on any atom is -0.353 e. The van der Waals surface area contributed by atoms with Gasteiger partial charge in [0.1, 0.15) is 11.9 Å². The van der Waals surface area contributed by atoms with E-state index in [4.69, 9.17) is 0 Å². The van der Waals surface area contributed by atoms with Crippen LogP contribution < -0.4 is 10.6 Å². The van der Waals surface area contributed by atoms with Gasteiger partial charge in [0.15, 0.2) is 0 Å². The SMILES string of the molecule is O=C1NCCNC1c1cccc(F)c1. The minimum atomic E-state index is -0.417. The molecule has 0 aromatic heterocycles. The fraction of sp³-hybridized carbons (Fsp3) is 0.300. The first kappa shape index (κ1) is 9.15. The third kappa shape index (κ3) is 1.75. The number of carbonyl (C=O) groups excluding carboxylic acids is 1. The fourth-order valence-corrected chi connectivity index (χ4v) is 1.55.